The maximum Gasteiger partial charge on any atom is 0.338 e. The molecule has 0 atom stereocenters. The number of esters is 1. The van der Waals surface area contributed by atoms with Crippen molar-refractivity contribution in [1.82, 2.24) is 9.71 Å². The van der Waals surface area contributed by atoms with Gasteiger partial charge in [0, 0.05) is 29.2 Å². The molecular weight excluding hydrogens is 392 g/mol. The van der Waals surface area contributed by atoms with Crippen molar-refractivity contribution in [2.24, 2.45) is 0 Å². The zero-order chi connectivity index (χ0) is 21.0. The van der Waals surface area contributed by atoms with Crippen molar-refractivity contribution >= 4 is 32.7 Å². The van der Waals surface area contributed by atoms with Crippen LogP contribution >= 0.6 is 0 Å². The number of aromatic amines is 1. The van der Waals surface area contributed by atoms with E-state index in [9.17, 15) is 18.0 Å². The maximum absolute atomic E-state index is 12.6. The number of para-hydroxylation sites is 1. The maximum atomic E-state index is 12.6. The van der Waals surface area contributed by atoms with Gasteiger partial charge in [0.2, 0.25) is 15.8 Å². The number of benzene rings is 2. The summed E-state index contributed by atoms with van der Waals surface area (Å²) in [6, 6.07) is 11.2. The fourth-order valence-corrected chi connectivity index (χ4v) is 4.18. The third-order valence-corrected chi connectivity index (χ3v) is 6.08. The summed E-state index contributed by atoms with van der Waals surface area (Å²) < 4.78 is 31.7. The van der Waals surface area contributed by atoms with Gasteiger partial charge in [-0.05, 0) is 30.2 Å². The van der Waals surface area contributed by atoms with Crippen LogP contribution in [0.25, 0.3) is 10.9 Å². The number of Topliss-reactive ketones (excluding diaryl/α,β-unsaturated/α-hetero) is 1. The molecule has 0 unspecified atom stereocenters. The smallest absolute Gasteiger partial charge is 0.338 e. The molecule has 0 amide bonds. The average Bonchev–Trinajstić information content (AvgIpc) is 3.16. The first kappa shape index (κ1) is 20.8. The monoisotopic (exact) mass is 414 g/mol. The summed E-state index contributed by atoms with van der Waals surface area (Å²) in [5.74, 6) is -1.10. The molecule has 1 heterocycles. The summed E-state index contributed by atoms with van der Waals surface area (Å²) in [7, 11) is -3.69. The van der Waals surface area contributed by atoms with Gasteiger partial charge >= 0.3 is 5.97 Å². The Morgan fingerprint density at radius 3 is 2.59 bits per heavy atom. The van der Waals surface area contributed by atoms with Crippen LogP contribution in [-0.4, -0.2) is 38.3 Å². The van der Waals surface area contributed by atoms with Crippen molar-refractivity contribution < 1.29 is 22.7 Å². The number of H-pyrrole nitrogens is 1. The number of hydrogen-bond donors (Lipinski definition) is 2. The Labute approximate surface area is 169 Å². The number of nitrogens with one attached hydrogen (secondary N) is 2. The Morgan fingerprint density at radius 2 is 1.86 bits per heavy atom. The number of hydrogen-bond acceptors (Lipinski definition) is 5. The molecule has 3 rings (SSSR count). The Balaban J connectivity index is 1.74. The number of aryl methyl sites for hydroxylation is 1. The fraction of sp³-hybridized carbons (Fsp3) is 0.238. The van der Waals surface area contributed by atoms with Crippen LogP contribution in [-0.2, 0) is 21.2 Å². The van der Waals surface area contributed by atoms with Crippen molar-refractivity contribution in [1.29, 1.82) is 0 Å². The van der Waals surface area contributed by atoms with E-state index >= 15 is 0 Å². The Morgan fingerprint density at radius 1 is 1.10 bits per heavy atom. The van der Waals surface area contributed by atoms with Crippen LogP contribution in [0.2, 0.25) is 0 Å². The van der Waals surface area contributed by atoms with Crippen molar-refractivity contribution in [3.63, 3.8) is 0 Å². The lowest BCUT2D eigenvalue weighted by molar-refractivity contribution is 0.0475. The van der Waals surface area contributed by atoms with E-state index in [2.05, 4.69) is 9.71 Å². The van der Waals surface area contributed by atoms with Crippen LogP contribution < -0.4 is 4.72 Å². The number of rotatable bonds is 8. The van der Waals surface area contributed by atoms with E-state index in [4.69, 9.17) is 4.74 Å². The van der Waals surface area contributed by atoms with Crippen LogP contribution in [0.5, 0.6) is 0 Å². The van der Waals surface area contributed by atoms with Gasteiger partial charge in [0.1, 0.15) is 0 Å². The molecule has 0 aliphatic carbocycles. The largest absolute Gasteiger partial charge is 0.454 e. The quantitative estimate of drug-likeness (QED) is 0.435. The summed E-state index contributed by atoms with van der Waals surface area (Å²) >= 11 is 0. The second kappa shape index (κ2) is 8.59. The predicted molar refractivity (Wildman–Crippen MR) is 110 cm³/mol. The molecule has 0 radical (unpaired) electrons. The number of carbonyl (C=O) groups excluding carboxylic acids is 2. The minimum absolute atomic E-state index is 0.0381. The molecule has 1 aromatic heterocycles. The number of sulfonamides is 1. The van der Waals surface area contributed by atoms with Crippen LogP contribution in [0.1, 0.15) is 40.1 Å². The van der Waals surface area contributed by atoms with Crippen LogP contribution in [0.15, 0.2) is 53.6 Å². The number of carbonyl (C=O) groups is 2. The topological polar surface area (TPSA) is 105 Å². The molecule has 0 aliphatic heterocycles. The molecule has 0 fully saturated rings. The van der Waals surface area contributed by atoms with Gasteiger partial charge in [0.05, 0.1) is 10.5 Å². The van der Waals surface area contributed by atoms with Gasteiger partial charge < -0.3 is 9.72 Å². The molecule has 0 saturated carbocycles. The van der Waals surface area contributed by atoms with Gasteiger partial charge in [0.25, 0.3) is 0 Å². The van der Waals surface area contributed by atoms with Crippen LogP contribution in [0.4, 0.5) is 0 Å². The third-order valence-electron chi connectivity index (χ3n) is 4.53. The third kappa shape index (κ3) is 4.38. The molecular formula is C21H22N2O5S. The summed E-state index contributed by atoms with van der Waals surface area (Å²) in [5.41, 5.74) is 2.50. The second-order valence-corrected chi connectivity index (χ2v) is 8.19. The second-order valence-electron chi connectivity index (χ2n) is 6.42. The number of aromatic nitrogens is 1. The van der Waals surface area contributed by atoms with E-state index in [1.165, 1.54) is 24.3 Å². The van der Waals surface area contributed by atoms with E-state index in [1.807, 2.05) is 25.1 Å². The zero-order valence-corrected chi connectivity index (χ0v) is 17.0. The number of ketones is 1. The van der Waals surface area contributed by atoms with Gasteiger partial charge in [-0.1, -0.05) is 38.1 Å². The van der Waals surface area contributed by atoms with Gasteiger partial charge in [-0.25, -0.2) is 17.9 Å². The Kier molecular flexibility index (Phi) is 6.14. The molecule has 0 aliphatic rings. The standard InChI is InChI=1S/C21H22N2O5S/c1-3-14-7-6-10-17-18(12-22-20(14)17)19(24)13-28-21(25)15-8-5-9-16(11-15)29(26,27)23-4-2/h5-12,22-23H,3-4,13H2,1-2H3. The molecule has 0 saturated heterocycles. The normalized spacial score (nSPS) is 11.5. The van der Waals surface area contributed by atoms with Crippen molar-refractivity contribution in [2.75, 3.05) is 13.2 Å². The molecule has 2 aromatic carbocycles. The highest BCUT2D eigenvalue weighted by Crippen LogP contribution is 2.23. The van der Waals surface area contributed by atoms with Gasteiger partial charge in [0.15, 0.2) is 6.61 Å². The minimum Gasteiger partial charge on any atom is -0.454 e. The fourth-order valence-electron chi connectivity index (χ4n) is 3.10. The van der Waals surface area contributed by atoms with Gasteiger partial charge in [-0.2, -0.15) is 0 Å². The van der Waals surface area contributed by atoms with Gasteiger partial charge in [-0.15, -0.1) is 0 Å². The summed E-state index contributed by atoms with van der Waals surface area (Å²) in [5, 5.41) is 0.782. The predicted octanol–water partition coefficient (Wildman–Crippen LogP) is 3.07. The summed E-state index contributed by atoms with van der Waals surface area (Å²) in [6.45, 7) is 3.49. The highest BCUT2D eigenvalue weighted by Gasteiger charge is 2.18. The Hall–Kier alpha value is -2.97. The zero-order valence-electron chi connectivity index (χ0n) is 16.2. The molecule has 152 valence electrons. The lowest BCUT2D eigenvalue weighted by Crippen LogP contribution is -2.23. The van der Waals surface area contributed by atoms with Crippen molar-refractivity contribution in [2.45, 2.75) is 25.2 Å². The van der Waals surface area contributed by atoms with E-state index < -0.39 is 22.6 Å². The van der Waals surface area contributed by atoms with Gasteiger partial charge in [-0.3, -0.25) is 4.79 Å². The van der Waals surface area contributed by atoms with E-state index in [0.29, 0.717) is 5.56 Å². The SMILES string of the molecule is CCNS(=O)(=O)c1cccc(C(=O)OCC(=O)c2c[nH]c3c(CC)cccc23)c1. The van der Waals surface area contributed by atoms with E-state index in [1.54, 1.807) is 13.1 Å². The molecule has 8 heteroatoms. The lowest BCUT2D eigenvalue weighted by atomic mass is 10.1. The number of fused-ring (bicyclic) bond motifs is 1. The molecule has 0 bridgehead atoms. The first-order valence-electron chi connectivity index (χ1n) is 9.26. The first-order valence-corrected chi connectivity index (χ1v) is 10.7. The molecule has 0 spiro atoms. The molecule has 3 aromatic rings. The molecule has 2 N–H and O–H groups in total. The number of ether oxygens (including phenoxy) is 1. The van der Waals surface area contributed by atoms with Crippen LogP contribution in [0, 0.1) is 0 Å². The highest BCUT2D eigenvalue weighted by molar-refractivity contribution is 7.89. The highest BCUT2D eigenvalue weighted by atomic mass is 32.2. The Bertz CT molecular complexity index is 1160. The van der Waals surface area contributed by atoms with Crippen LogP contribution in [0.3, 0.4) is 0 Å². The minimum atomic E-state index is -3.69. The first-order chi connectivity index (χ1) is 13.9. The van der Waals surface area contributed by atoms with Crippen molar-refractivity contribution in [3.05, 3.63) is 65.4 Å². The lowest BCUT2D eigenvalue weighted by Gasteiger charge is -2.07. The summed E-state index contributed by atoms with van der Waals surface area (Å²) in [6.07, 6.45) is 2.44. The van der Waals surface area contributed by atoms with Crippen molar-refractivity contribution in [3.8, 4) is 0 Å². The average molecular weight is 414 g/mol. The molecule has 29 heavy (non-hydrogen) atoms. The molecule has 7 nitrogen and oxygen atoms in total. The van der Waals surface area contributed by atoms with E-state index in [-0.39, 0.29) is 22.8 Å². The van der Waals surface area contributed by atoms with E-state index in [0.717, 1.165) is 22.9 Å². The summed E-state index contributed by atoms with van der Waals surface area (Å²) in [4.78, 5) is 28.0.